The number of amides is 5. The van der Waals surface area contributed by atoms with Gasteiger partial charge in [0.05, 0.1) is 6.04 Å². The van der Waals surface area contributed by atoms with Gasteiger partial charge in [0.15, 0.2) is 0 Å². The van der Waals surface area contributed by atoms with Crippen LogP contribution < -0.4 is 16.0 Å². The Bertz CT molecular complexity index is 681. The van der Waals surface area contributed by atoms with E-state index in [1.54, 1.807) is 0 Å². The van der Waals surface area contributed by atoms with Crippen LogP contribution >= 0.6 is 0 Å². The van der Waals surface area contributed by atoms with Crippen molar-refractivity contribution in [1.82, 2.24) is 26.0 Å². The van der Waals surface area contributed by atoms with Crippen LogP contribution in [0.5, 0.6) is 0 Å². The molecular formula is C17H25N5O6. The van der Waals surface area contributed by atoms with Gasteiger partial charge in [-0.3, -0.25) is 24.2 Å². The molecule has 0 radical (unpaired) electrons. The minimum atomic E-state index is -1.01. The molecule has 0 bridgehead atoms. The largest absolute Gasteiger partial charge is 0.344 e. The molecule has 0 aromatic heterocycles. The van der Waals surface area contributed by atoms with Gasteiger partial charge in [-0.25, -0.2) is 9.80 Å². The second kappa shape index (κ2) is 9.29. The highest BCUT2D eigenvalue weighted by Crippen LogP contribution is 2.25. The molecule has 3 atom stereocenters. The molecule has 11 nitrogen and oxygen atoms in total. The fraction of sp³-hybridized carbons (Fsp3) is 0.647. The lowest BCUT2D eigenvalue weighted by Gasteiger charge is -2.43. The molecular weight excluding hydrogens is 370 g/mol. The van der Waals surface area contributed by atoms with Crippen molar-refractivity contribution in [3.05, 3.63) is 0 Å². The molecule has 2 saturated heterocycles. The van der Waals surface area contributed by atoms with Gasteiger partial charge in [-0.15, -0.1) is 0 Å². The highest BCUT2D eigenvalue weighted by molar-refractivity contribution is 5.96. The number of carbonyl (C=O) groups is 6. The van der Waals surface area contributed by atoms with E-state index >= 15 is 0 Å². The second-order valence-electron chi connectivity index (χ2n) is 6.83. The summed E-state index contributed by atoms with van der Waals surface area (Å²) in [7, 11) is 1.40. The van der Waals surface area contributed by atoms with Crippen LogP contribution in [0.1, 0.15) is 39.0 Å². The quantitative estimate of drug-likeness (QED) is 0.466. The van der Waals surface area contributed by atoms with Gasteiger partial charge in [-0.2, -0.15) is 0 Å². The third-order valence-electron chi connectivity index (χ3n) is 4.70. The number of aldehydes is 1. The van der Waals surface area contributed by atoms with E-state index in [0.29, 0.717) is 19.1 Å². The Labute approximate surface area is 162 Å². The zero-order chi connectivity index (χ0) is 20.8. The molecule has 5 amide bonds. The minimum Gasteiger partial charge on any atom is -0.344 e. The minimum absolute atomic E-state index is 0.0482. The first-order valence-electron chi connectivity index (χ1n) is 9.15. The third-order valence-corrected chi connectivity index (χ3v) is 4.70. The summed E-state index contributed by atoms with van der Waals surface area (Å²) in [5.74, 6) is -1.77. The average molecular weight is 395 g/mol. The Kier molecular flexibility index (Phi) is 7.07. The van der Waals surface area contributed by atoms with Gasteiger partial charge < -0.3 is 20.7 Å². The third kappa shape index (κ3) is 4.84. The van der Waals surface area contributed by atoms with Gasteiger partial charge in [0.25, 0.3) is 5.91 Å². The van der Waals surface area contributed by atoms with E-state index in [0.717, 1.165) is 5.01 Å². The smallest absolute Gasteiger partial charge is 0.315 e. The van der Waals surface area contributed by atoms with Crippen molar-refractivity contribution in [2.24, 2.45) is 0 Å². The van der Waals surface area contributed by atoms with Crippen molar-refractivity contribution in [2.45, 2.75) is 57.2 Å². The molecule has 2 aliphatic heterocycles. The number of nitrogens with zero attached hydrogens (tertiary/aromatic N) is 2. The molecule has 3 N–H and O–H groups in total. The zero-order valence-corrected chi connectivity index (χ0v) is 15.9. The monoisotopic (exact) mass is 395 g/mol. The average Bonchev–Trinajstić information content (AvgIpc) is 2.78. The van der Waals surface area contributed by atoms with E-state index in [9.17, 15) is 28.8 Å². The Hall–Kier alpha value is -2.98. The van der Waals surface area contributed by atoms with Crippen molar-refractivity contribution in [2.75, 3.05) is 13.6 Å². The van der Waals surface area contributed by atoms with Gasteiger partial charge in [0.1, 0.15) is 24.2 Å². The number of nitrogens with one attached hydrogen (secondary N) is 3. The maximum atomic E-state index is 13.0. The first-order chi connectivity index (χ1) is 13.3. The Morgan fingerprint density at radius 1 is 1.25 bits per heavy atom. The van der Waals surface area contributed by atoms with E-state index < -0.39 is 36.0 Å². The van der Waals surface area contributed by atoms with Gasteiger partial charge >= 0.3 is 6.03 Å². The maximum Gasteiger partial charge on any atom is 0.315 e. The van der Waals surface area contributed by atoms with Crippen molar-refractivity contribution >= 4 is 35.8 Å². The summed E-state index contributed by atoms with van der Waals surface area (Å²) in [6.45, 7) is 1.59. The molecule has 2 rings (SSSR count). The Balaban J connectivity index is 2.24. The summed E-state index contributed by atoms with van der Waals surface area (Å²) < 4.78 is 0. The lowest BCUT2D eigenvalue weighted by molar-refractivity contribution is -0.176. The van der Waals surface area contributed by atoms with Crippen LogP contribution in [0, 0.1) is 0 Å². The molecule has 0 aromatic carbocycles. The SMILES string of the molecule is CNC(=O)N[C@H]1CCC(=O)N2CCC[C@@H](C(=O)N[C@H](C=O)CC(C)=O)N2C1=O. The van der Waals surface area contributed by atoms with Gasteiger partial charge in [-0.1, -0.05) is 0 Å². The van der Waals surface area contributed by atoms with Crippen LogP contribution in [-0.4, -0.2) is 77.6 Å². The van der Waals surface area contributed by atoms with Crippen LogP contribution in [0.3, 0.4) is 0 Å². The molecule has 154 valence electrons. The molecule has 0 spiro atoms. The predicted octanol–water partition coefficient (Wildman–Crippen LogP) is -1.52. The first-order valence-corrected chi connectivity index (χ1v) is 9.15. The topological polar surface area (TPSA) is 145 Å². The number of Topliss-reactive ketones (excluding diaryl/α,β-unsaturated/α-hetero) is 1. The number of fused-ring (bicyclic) bond motifs is 1. The van der Waals surface area contributed by atoms with E-state index in [4.69, 9.17) is 0 Å². The van der Waals surface area contributed by atoms with E-state index in [1.165, 1.54) is 19.0 Å². The van der Waals surface area contributed by atoms with E-state index in [-0.39, 0.29) is 37.5 Å². The first kappa shape index (κ1) is 21.3. The van der Waals surface area contributed by atoms with E-state index in [1.807, 2.05) is 0 Å². The standard InChI is InChI=1S/C17H25N5O6/c1-10(24)8-11(9-23)19-15(26)13-4-3-7-21-14(25)6-5-12(16(27)22(13)21)20-17(28)18-2/h9,11-13H,3-8H2,1-2H3,(H,19,26)(H2,18,20,28)/t11-,12-,13-/m0/s1. The number of ketones is 1. The molecule has 0 saturated carbocycles. The molecule has 0 aromatic rings. The number of hydrogen-bond donors (Lipinski definition) is 3. The summed E-state index contributed by atoms with van der Waals surface area (Å²) in [5.41, 5.74) is 0. The molecule has 28 heavy (non-hydrogen) atoms. The van der Waals surface area contributed by atoms with Crippen molar-refractivity contribution in [3.8, 4) is 0 Å². The maximum absolute atomic E-state index is 13.0. The lowest BCUT2D eigenvalue weighted by Crippen LogP contribution is -2.64. The van der Waals surface area contributed by atoms with Crippen molar-refractivity contribution in [3.63, 3.8) is 0 Å². The van der Waals surface area contributed by atoms with E-state index in [2.05, 4.69) is 16.0 Å². The van der Waals surface area contributed by atoms with Crippen LogP contribution in [0.15, 0.2) is 0 Å². The number of rotatable bonds is 6. The van der Waals surface area contributed by atoms with Crippen molar-refractivity contribution < 1.29 is 28.8 Å². The summed E-state index contributed by atoms with van der Waals surface area (Å²) in [4.78, 5) is 72.2. The molecule has 2 fully saturated rings. The number of urea groups is 1. The van der Waals surface area contributed by atoms with Gasteiger partial charge in [-0.05, 0) is 26.2 Å². The van der Waals surface area contributed by atoms with Crippen LogP contribution in [0.2, 0.25) is 0 Å². The number of hydrazine groups is 1. The van der Waals surface area contributed by atoms with Gasteiger partial charge in [0, 0.05) is 26.4 Å². The fourth-order valence-electron chi connectivity index (χ4n) is 3.36. The van der Waals surface area contributed by atoms with Crippen molar-refractivity contribution in [1.29, 1.82) is 0 Å². The highest BCUT2D eigenvalue weighted by Gasteiger charge is 2.44. The number of hydrogen-bond acceptors (Lipinski definition) is 6. The Morgan fingerprint density at radius 3 is 2.57 bits per heavy atom. The number of carbonyl (C=O) groups excluding carboxylic acids is 6. The van der Waals surface area contributed by atoms with Gasteiger partial charge in [0.2, 0.25) is 11.8 Å². The highest BCUT2D eigenvalue weighted by atomic mass is 16.2. The summed E-state index contributed by atoms with van der Waals surface area (Å²) >= 11 is 0. The van der Waals surface area contributed by atoms with Crippen LogP contribution in [0.25, 0.3) is 0 Å². The normalized spacial score (nSPS) is 23.2. The predicted molar refractivity (Wildman–Crippen MR) is 95.5 cm³/mol. The molecule has 0 unspecified atom stereocenters. The summed E-state index contributed by atoms with van der Waals surface area (Å²) in [6, 6.07) is -3.54. The Morgan fingerprint density at radius 2 is 1.96 bits per heavy atom. The summed E-state index contributed by atoms with van der Waals surface area (Å²) in [5, 5.41) is 9.64. The fourth-order valence-corrected chi connectivity index (χ4v) is 3.36. The molecule has 2 aliphatic rings. The van der Waals surface area contributed by atoms with Crippen LogP contribution in [0.4, 0.5) is 4.79 Å². The summed E-state index contributed by atoms with van der Waals surface area (Å²) in [6.07, 6.45) is 1.27. The zero-order valence-electron chi connectivity index (χ0n) is 15.9. The van der Waals surface area contributed by atoms with Crippen LogP contribution in [-0.2, 0) is 24.0 Å². The lowest BCUT2D eigenvalue weighted by atomic mass is 10.0. The molecule has 11 heteroatoms. The molecule has 2 heterocycles. The molecule has 0 aliphatic carbocycles. The second-order valence-corrected chi connectivity index (χ2v) is 6.83.